The summed E-state index contributed by atoms with van der Waals surface area (Å²) in [4.78, 5) is 0. The normalized spacial score (nSPS) is 12.0. The molecule has 0 aromatic rings. The van der Waals surface area contributed by atoms with E-state index in [4.69, 9.17) is 115 Å². The standard InChI is InChI=1S/C11H28N2O3Si.2C9H23NO3Si.C8H22N2O3Si.C7H19NOSi.C6H17NO3Si.C6H16O3SSi/c1-14-17(15-2,16-3)11-7-10-13-9-6-4-5-8-12;1-12-14(9-11,13-2)8-6-4-3-5-7-10;1-4-11-14(12-5-2,13-6-3)9-7-8-10;1-12-14(8-11,13-2)7-3-5-10-6-4-9;1-9-10(2,3)7-5-4-6-8;1-9-11(6-8,10-2)5-3-4-7;1-7-11(8-2,9-3)6-4-5-10/h13H,4-12H2,1-3H3;11H,3-10H2,1-2H3;4-10H2,1-3H3;10-11H,3-9H2,1-2H3;4-8H2,1-3H3;8H,3-7H2,1-2H3;10H,4-6H2,1-3H3. The lowest BCUT2D eigenvalue weighted by Crippen LogP contribution is -2.46. The van der Waals surface area contributed by atoms with Crippen molar-refractivity contribution < 1.29 is 86.1 Å². The Morgan fingerprint density at radius 1 is 0.297 bits per heavy atom. The number of hydrogen-bond donors (Lipinski definition) is 12. The SMILES string of the molecule is CCO[Si](CCCN)(OCC)OCC.CO[Si](C)(C)CCCCN.CO[Si](CCCNCCCCCN)(OC)OC.CO[Si](CCCS)(OC)OC.CO[Si](CO)(CCCCCCN)OC.CO[Si](CO)(CCCN)OC.CO[Si](CO)(CCCNCCN)OC. The third kappa shape index (κ3) is 60.5. The smallest absolute Gasteiger partial charge is 0.420 e. The molecule has 0 saturated heterocycles. The van der Waals surface area contributed by atoms with Crippen molar-refractivity contribution in [3.63, 3.8) is 0 Å². The Morgan fingerprint density at radius 3 is 0.912 bits per heavy atom. The maximum Gasteiger partial charge on any atom is 0.500 e. The number of aliphatic hydroxyl groups is 3. The lowest BCUT2D eigenvalue weighted by atomic mass is 10.2. The van der Waals surface area contributed by atoms with E-state index in [1.54, 1.807) is 85.3 Å². The Morgan fingerprint density at radius 2 is 0.582 bits per heavy atom. The predicted molar refractivity (Wildman–Crippen MR) is 391 cm³/mol. The highest BCUT2D eigenvalue weighted by Crippen LogP contribution is 2.20. The minimum absolute atomic E-state index is 0. The van der Waals surface area contributed by atoms with Gasteiger partial charge in [0.1, 0.15) is 0 Å². The largest absolute Gasteiger partial charge is 0.500 e. The number of nitrogens with two attached hydrogens (primary N) is 6. The highest BCUT2D eigenvalue weighted by atomic mass is 32.1. The molecule has 0 saturated carbocycles. The third-order valence-corrected chi connectivity index (χ3v) is 35.5. The Bertz CT molecular complexity index is 1290. The first kappa shape index (κ1) is 105. The van der Waals surface area contributed by atoms with Crippen LogP contribution >= 0.6 is 12.6 Å². The van der Waals surface area contributed by atoms with E-state index in [1.165, 1.54) is 25.3 Å². The van der Waals surface area contributed by atoms with Crippen LogP contribution in [0, 0.1) is 0 Å². The van der Waals surface area contributed by atoms with Crippen molar-refractivity contribution >= 4 is 73.0 Å². The average molecular weight is 1470 g/mol. The summed E-state index contributed by atoms with van der Waals surface area (Å²) in [5, 5.41) is 33.9. The molecule has 560 valence electrons. The molecule has 0 aliphatic heterocycles. The average Bonchev–Trinajstić information content (AvgIpc) is 3.76. The summed E-state index contributed by atoms with van der Waals surface area (Å²) < 4.78 is 85.4. The number of hydrogen-bond acceptors (Lipinski definition) is 28. The fourth-order valence-electron chi connectivity index (χ4n) is 8.11. The number of nitrogens with one attached hydrogen (secondary N) is 2. The van der Waals surface area contributed by atoms with Gasteiger partial charge in [-0.1, -0.05) is 32.1 Å². The van der Waals surface area contributed by atoms with Gasteiger partial charge in [-0.2, -0.15) is 12.6 Å². The monoisotopic (exact) mass is 1460 g/mol. The van der Waals surface area contributed by atoms with Crippen LogP contribution in [0.4, 0.5) is 0 Å². The molecule has 0 heterocycles. The fraction of sp³-hybridized carbons (Fsp3) is 1.00. The molecular weight excluding hydrogens is 1320 g/mol. The highest BCUT2D eigenvalue weighted by molar-refractivity contribution is 7.80. The van der Waals surface area contributed by atoms with E-state index in [2.05, 4.69) is 36.4 Å². The van der Waals surface area contributed by atoms with Crippen LogP contribution < -0.4 is 45.0 Å². The second kappa shape index (κ2) is 75.0. The number of unbranched alkanes of at least 4 members (excludes halogenated alkanes) is 6. The molecule has 0 rings (SSSR count). The maximum atomic E-state index is 9.17. The third-order valence-electron chi connectivity index (χ3n) is 14.4. The van der Waals surface area contributed by atoms with E-state index in [0.29, 0.717) is 39.5 Å². The second-order valence-electron chi connectivity index (χ2n) is 21.1. The maximum absolute atomic E-state index is 9.17. The van der Waals surface area contributed by atoms with Gasteiger partial charge in [0.2, 0.25) is 0 Å². The van der Waals surface area contributed by atoms with Gasteiger partial charge in [-0.15, -0.1) is 0 Å². The first-order chi connectivity index (χ1) is 43.6. The van der Waals surface area contributed by atoms with Gasteiger partial charge in [-0.3, -0.25) is 0 Å². The van der Waals surface area contributed by atoms with Crippen molar-refractivity contribution in [3.05, 3.63) is 0 Å². The molecule has 0 bridgehead atoms. The summed E-state index contributed by atoms with van der Waals surface area (Å²) in [6.45, 7) is 20.3. The van der Waals surface area contributed by atoms with Crippen LogP contribution in [0.25, 0.3) is 0 Å². The number of rotatable bonds is 56. The molecule has 91 heavy (non-hydrogen) atoms. The van der Waals surface area contributed by atoms with Gasteiger partial charge < -0.3 is 131 Å². The molecule has 27 nitrogen and oxygen atoms in total. The lowest BCUT2D eigenvalue weighted by Gasteiger charge is -2.28. The summed E-state index contributed by atoms with van der Waals surface area (Å²) in [5.41, 5.74) is 32.3. The topological polar surface area (TPSA) is 389 Å². The molecule has 0 radical (unpaired) electrons. The minimum atomic E-state index is -2.40. The van der Waals surface area contributed by atoms with Gasteiger partial charge in [0.25, 0.3) is 0 Å². The summed E-state index contributed by atoms with van der Waals surface area (Å²) in [6, 6.07) is 6.16. The van der Waals surface area contributed by atoms with E-state index in [0.717, 1.165) is 158 Å². The van der Waals surface area contributed by atoms with Gasteiger partial charge in [0, 0.05) is 143 Å². The second-order valence-corrected chi connectivity index (χ2v) is 45.3. The number of thiol groups is 1. The van der Waals surface area contributed by atoms with Crippen LogP contribution in [0.5, 0.6) is 0 Å². The van der Waals surface area contributed by atoms with Crippen molar-refractivity contribution in [1.29, 1.82) is 0 Å². The molecule has 35 heteroatoms. The molecule has 0 aliphatic carbocycles. The minimum Gasteiger partial charge on any atom is -0.420 e. The number of aliphatic hydroxyl groups excluding tert-OH is 3. The first-order valence-electron chi connectivity index (χ1n) is 32.7. The van der Waals surface area contributed by atoms with Crippen molar-refractivity contribution in [2.75, 3.05) is 202 Å². The van der Waals surface area contributed by atoms with Crippen molar-refractivity contribution in [2.24, 2.45) is 34.4 Å². The van der Waals surface area contributed by atoms with Gasteiger partial charge >= 0.3 is 52.1 Å². The van der Waals surface area contributed by atoms with Gasteiger partial charge in [-0.25, -0.2) is 0 Å². The Labute approximate surface area is 569 Å². The summed E-state index contributed by atoms with van der Waals surface area (Å²) in [6.07, 6.45) is 15.0. The van der Waals surface area contributed by atoms with Crippen LogP contribution in [0.1, 0.15) is 111 Å². The van der Waals surface area contributed by atoms with Crippen LogP contribution in [-0.2, 0) is 70.8 Å². The molecule has 0 aromatic heterocycles. The van der Waals surface area contributed by atoms with Gasteiger partial charge in [-0.05, 0) is 174 Å². The summed E-state index contributed by atoms with van der Waals surface area (Å²) in [7, 11) is 6.09. The zero-order valence-electron chi connectivity index (χ0n) is 61.2. The van der Waals surface area contributed by atoms with E-state index in [1.807, 2.05) is 27.9 Å². The Hall–Kier alpha value is 0.788. The Kier molecular flexibility index (Phi) is 86.7. The van der Waals surface area contributed by atoms with Gasteiger partial charge in [0.15, 0.2) is 8.32 Å². The van der Waals surface area contributed by atoms with Crippen molar-refractivity contribution in [3.8, 4) is 0 Å². The molecule has 0 spiro atoms. The molecule has 0 atom stereocenters. The predicted octanol–water partition coefficient (Wildman–Crippen LogP) is 4.68. The molecule has 17 N–H and O–H groups in total. The van der Waals surface area contributed by atoms with Gasteiger partial charge in [0.05, 0.1) is 18.7 Å². The molecule has 0 fully saturated rings. The Balaban J connectivity index is -0.000000182. The fourth-order valence-corrected chi connectivity index (χ4v) is 21.2. The molecular formula is C56H148N8O19SSi7. The first-order valence-corrected chi connectivity index (χ1v) is 49.0. The summed E-state index contributed by atoms with van der Waals surface area (Å²) in [5.74, 6) is 0.838. The lowest BCUT2D eigenvalue weighted by molar-refractivity contribution is 0.0709. The van der Waals surface area contributed by atoms with E-state index in [9.17, 15) is 5.11 Å². The van der Waals surface area contributed by atoms with Crippen molar-refractivity contribution in [1.82, 2.24) is 10.6 Å². The van der Waals surface area contributed by atoms with Crippen LogP contribution in [0.15, 0.2) is 0 Å². The van der Waals surface area contributed by atoms with Crippen molar-refractivity contribution in [2.45, 2.75) is 166 Å². The highest BCUT2D eigenvalue weighted by Gasteiger charge is 2.40. The van der Waals surface area contributed by atoms with Crippen LogP contribution in [0.3, 0.4) is 0 Å². The zero-order valence-corrected chi connectivity index (χ0v) is 69.0. The van der Waals surface area contributed by atoms with E-state index < -0.39 is 60.4 Å². The van der Waals surface area contributed by atoms with E-state index >= 15 is 0 Å². The molecule has 0 aliphatic rings. The zero-order chi connectivity index (χ0) is 71.1. The molecule has 0 aromatic carbocycles. The quantitative estimate of drug-likeness (QED) is 0.0223. The van der Waals surface area contributed by atoms with Crippen LogP contribution in [0.2, 0.25) is 55.4 Å². The summed E-state index contributed by atoms with van der Waals surface area (Å²) >= 11 is 4.10. The molecule has 0 amide bonds. The van der Waals surface area contributed by atoms with E-state index in [-0.39, 0.29) is 18.7 Å². The molecule has 0 unspecified atom stereocenters. The van der Waals surface area contributed by atoms with Crippen LogP contribution in [-0.4, -0.2) is 278 Å².